The molecule has 3 rings (SSSR count). The summed E-state index contributed by atoms with van der Waals surface area (Å²) in [4.78, 5) is 6.59. The van der Waals surface area contributed by atoms with Crippen LogP contribution in [0.3, 0.4) is 0 Å². The van der Waals surface area contributed by atoms with E-state index in [0.717, 1.165) is 27.7 Å². The van der Waals surface area contributed by atoms with Gasteiger partial charge in [0.15, 0.2) is 0 Å². The monoisotopic (exact) mass is 402 g/mol. The van der Waals surface area contributed by atoms with Gasteiger partial charge in [0.1, 0.15) is 6.07 Å². The summed E-state index contributed by atoms with van der Waals surface area (Å²) >= 11 is 0. The zero-order valence-electron chi connectivity index (χ0n) is 16.6. The van der Waals surface area contributed by atoms with Crippen molar-refractivity contribution in [1.82, 2.24) is 9.29 Å². The van der Waals surface area contributed by atoms with E-state index in [1.807, 2.05) is 13.8 Å². The van der Waals surface area contributed by atoms with Crippen molar-refractivity contribution in [3.05, 3.63) is 35.0 Å². The number of nitriles is 1. The molecule has 150 valence electrons. The first-order chi connectivity index (χ1) is 13.4. The minimum absolute atomic E-state index is 0.0981. The molecule has 2 aromatic rings. The van der Waals surface area contributed by atoms with Gasteiger partial charge in [-0.1, -0.05) is 11.6 Å². The average molecular weight is 403 g/mol. The summed E-state index contributed by atoms with van der Waals surface area (Å²) in [6, 6.07) is 6.38. The number of fused-ring (bicyclic) bond motifs is 1. The fraction of sp³-hybridized carbons (Fsp3) is 0.500. The van der Waals surface area contributed by atoms with Gasteiger partial charge >= 0.3 is 0 Å². The third-order valence-corrected chi connectivity index (χ3v) is 7.05. The Hall–Kier alpha value is -2.21. The van der Waals surface area contributed by atoms with Crippen LogP contribution >= 0.6 is 0 Å². The Kier molecular flexibility index (Phi) is 6.18. The van der Waals surface area contributed by atoms with Gasteiger partial charge < -0.3 is 9.64 Å². The van der Waals surface area contributed by atoms with Crippen LogP contribution in [0.15, 0.2) is 18.3 Å². The molecule has 0 amide bonds. The number of aryl methyl sites for hydroxylation is 2. The highest BCUT2D eigenvalue weighted by atomic mass is 32.2. The van der Waals surface area contributed by atoms with Crippen molar-refractivity contribution in [1.29, 1.82) is 5.26 Å². The van der Waals surface area contributed by atoms with Crippen molar-refractivity contribution in [2.45, 2.75) is 20.3 Å². The van der Waals surface area contributed by atoms with Crippen LogP contribution in [0.25, 0.3) is 10.9 Å². The molecule has 7 nitrogen and oxygen atoms in total. The standard InChI is InChI=1S/C20H26N4O3S/c1-15-11-16(2)19-18(12-15)20(17(13-21)14-22-19)23-5-7-24(8-6-23)28(25,26)10-4-9-27-3/h11-12,14H,4-10H2,1-3H3. The van der Waals surface area contributed by atoms with Crippen LogP contribution in [-0.4, -0.2) is 63.4 Å². The van der Waals surface area contributed by atoms with E-state index >= 15 is 0 Å². The lowest BCUT2D eigenvalue weighted by Gasteiger charge is -2.36. The van der Waals surface area contributed by atoms with Crippen molar-refractivity contribution >= 4 is 26.6 Å². The Morgan fingerprint density at radius 2 is 1.93 bits per heavy atom. The van der Waals surface area contributed by atoms with Gasteiger partial charge in [0.05, 0.1) is 22.5 Å². The molecule has 0 spiro atoms. The predicted molar refractivity (Wildman–Crippen MR) is 110 cm³/mol. The molecule has 0 N–H and O–H groups in total. The first-order valence-electron chi connectivity index (χ1n) is 9.39. The molecule has 1 aromatic heterocycles. The Morgan fingerprint density at radius 3 is 2.57 bits per heavy atom. The number of benzene rings is 1. The molecule has 1 fully saturated rings. The number of rotatable bonds is 6. The summed E-state index contributed by atoms with van der Waals surface area (Å²) in [5.41, 5.74) is 4.45. The maximum atomic E-state index is 12.5. The molecule has 0 atom stereocenters. The minimum atomic E-state index is -3.28. The van der Waals surface area contributed by atoms with Gasteiger partial charge in [-0.05, 0) is 31.9 Å². The summed E-state index contributed by atoms with van der Waals surface area (Å²) in [6.45, 7) is 6.40. The van der Waals surface area contributed by atoms with Crippen LogP contribution in [0, 0.1) is 25.2 Å². The maximum Gasteiger partial charge on any atom is 0.214 e. The maximum absolute atomic E-state index is 12.5. The number of aromatic nitrogens is 1. The predicted octanol–water partition coefficient (Wildman–Crippen LogP) is 2.21. The summed E-state index contributed by atoms with van der Waals surface area (Å²) in [5, 5.41) is 10.6. The lowest BCUT2D eigenvalue weighted by molar-refractivity contribution is 0.199. The number of hydrogen-bond acceptors (Lipinski definition) is 6. The van der Waals surface area contributed by atoms with E-state index in [0.29, 0.717) is 44.8 Å². The molecule has 0 saturated carbocycles. The van der Waals surface area contributed by atoms with E-state index in [1.165, 1.54) is 0 Å². The molecule has 1 aliphatic heterocycles. The van der Waals surface area contributed by atoms with E-state index in [1.54, 1.807) is 17.6 Å². The van der Waals surface area contributed by atoms with Crippen molar-refractivity contribution in [2.75, 3.05) is 50.5 Å². The Balaban J connectivity index is 1.87. The molecule has 1 saturated heterocycles. The summed E-state index contributed by atoms with van der Waals surface area (Å²) < 4.78 is 31.5. The quantitative estimate of drug-likeness (QED) is 0.689. The van der Waals surface area contributed by atoms with Crippen molar-refractivity contribution < 1.29 is 13.2 Å². The Bertz CT molecular complexity index is 1010. The van der Waals surface area contributed by atoms with Crippen LogP contribution in [0.5, 0.6) is 0 Å². The molecule has 2 heterocycles. The van der Waals surface area contributed by atoms with Gasteiger partial charge in [0.25, 0.3) is 0 Å². The SMILES string of the molecule is COCCCS(=O)(=O)N1CCN(c2c(C#N)cnc3c(C)cc(C)cc23)CC1. The van der Waals surface area contributed by atoms with Crippen LogP contribution in [0.2, 0.25) is 0 Å². The molecule has 0 bridgehead atoms. The van der Waals surface area contributed by atoms with E-state index in [-0.39, 0.29) is 5.75 Å². The number of pyridine rings is 1. The summed E-state index contributed by atoms with van der Waals surface area (Å²) in [6.07, 6.45) is 2.11. The third kappa shape index (κ3) is 4.12. The highest BCUT2D eigenvalue weighted by Crippen LogP contribution is 2.32. The lowest BCUT2D eigenvalue weighted by atomic mass is 10.0. The second-order valence-electron chi connectivity index (χ2n) is 7.16. The topological polar surface area (TPSA) is 86.5 Å². The van der Waals surface area contributed by atoms with Gasteiger partial charge in [-0.2, -0.15) is 9.57 Å². The number of hydrogen-bond donors (Lipinski definition) is 0. The molecule has 0 aliphatic carbocycles. The second kappa shape index (κ2) is 8.43. The number of anilines is 1. The van der Waals surface area contributed by atoms with Crippen LogP contribution in [0.1, 0.15) is 23.1 Å². The van der Waals surface area contributed by atoms with Crippen LogP contribution in [0.4, 0.5) is 5.69 Å². The van der Waals surface area contributed by atoms with E-state index < -0.39 is 10.0 Å². The van der Waals surface area contributed by atoms with Crippen molar-refractivity contribution in [3.63, 3.8) is 0 Å². The largest absolute Gasteiger partial charge is 0.385 e. The molecule has 28 heavy (non-hydrogen) atoms. The molecule has 0 unspecified atom stereocenters. The van der Waals surface area contributed by atoms with Gasteiger partial charge in [0, 0.05) is 51.5 Å². The molecule has 1 aromatic carbocycles. The van der Waals surface area contributed by atoms with Gasteiger partial charge in [-0.25, -0.2) is 8.42 Å². The van der Waals surface area contributed by atoms with E-state index in [9.17, 15) is 13.7 Å². The molecular weight excluding hydrogens is 376 g/mol. The third-order valence-electron chi connectivity index (χ3n) is 5.10. The summed E-state index contributed by atoms with van der Waals surface area (Å²) in [7, 11) is -1.71. The van der Waals surface area contributed by atoms with E-state index in [4.69, 9.17) is 4.74 Å². The Morgan fingerprint density at radius 1 is 1.21 bits per heavy atom. The first-order valence-corrected chi connectivity index (χ1v) is 11.0. The zero-order chi connectivity index (χ0) is 20.3. The molecule has 8 heteroatoms. The number of sulfonamides is 1. The van der Waals surface area contributed by atoms with Crippen molar-refractivity contribution in [3.8, 4) is 6.07 Å². The second-order valence-corrected chi connectivity index (χ2v) is 9.25. The van der Waals surface area contributed by atoms with Gasteiger partial charge in [0.2, 0.25) is 10.0 Å². The summed E-state index contributed by atoms with van der Waals surface area (Å²) in [5.74, 6) is 0.0981. The van der Waals surface area contributed by atoms with Crippen molar-refractivity contribution in [2.24, 2.45) is 0 Å². The van der Waals surface area contributed by atoms with Gasteiger partial charge in [-0.3, -0.25) is 4.98 Å². The highest BCUT2D eigenvalue weighted by Gasteiger charge is 2.28. The Labute approximate surface area is 166 Å². The number of methoxy groups -OCH3 is 1. The van der Waals surface area contributed by atoms with Gasteiger partial charge in [-0.15, -0.1) is 0 Å². The number of nitrogens with zero attached hydrogens (tertiary/aromatic N) is 4. The minimum Gasteiger partial charge on any atom is -0.385 e. The lowest BCUT2D eigenvalue weighted by Crippen LogP contribution is -2.49. The number of ether oxygens (including phenoxy) is 1. The fourth-order valence-electron chi connectivity index (χ4n) is 3.77. The zero-order valence-corrected chi connectivity index (χ0v) is 17.4. The van der Waals surface area contributed by atoms with E-state index in [2.05, 4.69) is 28.1 Å². The molecular formula is C20H26N4O3S. The molecule has 1 aliphatic rings. The fourth-order valence-corrected chi connectivity index (χ4v) is 5.23. The molecule has 0 radical (unpaired) electrons. The van der Waals surface area contributed by atoms with Crippen LogP contribution in [-0.2, 0) is 14.8 Å². The first kappa shape index (κ1) is 20.5. The highest BCUT2D eigenvalue weighted by molar-refractivity contribution is 7.89. The number of piperazine rings is 1. The smallest absolute Gasteiger partial charge is 0.214 e. The average Bonchev–Trinajstić information content (AvgIpc) is 2.67. The normalized spacial score (nSPS) is 15.7. The van der Waals surface area contributed by atoms with Crippen LogP contribution < -0.4 is 4.90 Å².